The van der Waals surface area contributed by atoms with Crippen molar-refractivity contribution in [2.75, 3.05) is 4.90 Å². The molecule has 3 nitrogen and oxygen atoms in total. The summed E-state index contributed by atoms with van der Waals surface area (Å²) in [5, 5.41) is 12.8. The van der Waals surface area contributed by atoms with Crippen molar-refractivity contribution >= 4 is 106 Å². The summed E-state index contributed by atoms with van der Waals surface area (Å²) in [5.74, 6) is 0. The summed E-state index contributed by atoms with van der Waals surface area (Å²) in [5.41, 5.74) is 11.0. The van der Waals surface area contributed by atoms with Gasteiger partial charge in [-0.25, -0.2) is 0 Å². The molecule has 0 N–H and O–H groups in total. The molecule has 13 aromatic rings. The number of hydrogen-bond donors (Lipinski definition) is 0. The first-order chi connectivity index (χ1) is 31.7. The van der Waals surface area contributed by atoms with E-state index < -0.39 is 8.07 Å². The summed E-state index contributed by atoms with van der Waals surface area (Å²) in [6, 6.07) is 89.2. The lowest BCUT2D eigenvalue weighted by atomic mass is 10.0. The van der Waals surface area contributed by atoms with Crippen LogP contribution in [-0.4, -0.2) is 12.5 Å². The molecule has 0 saturated heterocycles. The Bertz CT molecular complexity index is 3720. The van der Waals surface area contributed by atoms with Crippen LogP contribution in [0.2, 0.25) is 0 Å². The third-order valence-electron chi connectivity index (χ3n) is 13.5. The molecular weight excluding hydrogens is 793 g/mol. The maximum atomic E-state index is 6.30. The molecule has 0 aliphatic heterocycles. The van der Waals surface area contributed by atoms with Gasteiger partial charge >= 0.3 is 0 Å². The molecule has 3 heterocycles. The zero-order chi connectivity index (χ0) is 42.2. The van der Waals surface area contributed by atoms with Crippen LogP contribution in [0.5, 0.6) is 0 Å². The van der Waals surface area contributed by atoms with E-state index in [-0.39, 0.29) is 0 Å². The fourth-order valence-corrected chi connectivity index (χ4v) is 15.4. The fraction of sp³-hybridized carbons (Fsp3) is 0. The molecule has 3 aromatic heterocycles. The Hall–Kier alpha value is -8.18. The second-order valence-electron chi connectivity index (χ2n) is 16.8. The molecule has 0 aliphatic rings. The van der Waals surface area contributed by atoms with Gasteiger partial charge in [-0.3, -0.25) is 0 Å². The van der Waals surface area contributed by atoms with Crippen LogP contribution in [0.4, 0.5) is 17.1 Å². The summed E-state index contributed by atoms with van der Waals surface area (Å²) in [7, 11) is -2.72. The Labute approximate surface area is 371 Å². The molecule has 0 spiro atoms. The summed E-state index contributed by atoms with van der Waals surface area (Å²) < 4.78 is 8.77. The van der Waals surface area contributed by atoms with Crippen molar-refractivity contribution < 1.29 is 4.42 Å². The van der Waals surface area contributed by atoms with Crippen LogP contribution < -0.4 is 25.6 Å². The molecule has 4 heteroatoms. The first-order valence-corrected chi connectivity index (χ1v) is 24.0. The second kappa shape index (κ2) is 14.5. The highest BCUT2D eigenvalue weighted by Crippen LogP contribution is 2.43. The lowest BCUT2D eigenvalue weighted by molar-refractivity contribution is 0.669. The van der Waals surface area contributed by atoms with Gasteiger partial charge in [0.1, 0.15) is 11.2 Å². The van der Waals surface area contributed by atoms with E-state index >= 15 is 0 Å². The molecule has 0 atom stereocenters. The van der Waals surface area contributed by atoms with Crippen molar-refractivity contribution in [1.82, 2.24) is 4.40 Å². The second-order valence-corrected chi connectivity index (χ2v) is 20.7. The molecule has 0 saturated carbocycles. The summed E-state index contributed by atoms with van der Waals surface area (Å²) in [6.45, 7) is 0. The Morgan fingerprint density at radius 1 is 0.312 bits per heavy atom. The van der Waals surface area contributed by atoms with Gasteiger partial charge in [0, 0.05) is 49.4 Å². The highest BCUT2D eigenvalue weighted by Gasteiger charge is 2.41. The van der Waals surface area contributed by atoms with Gasteiger partial charge in [-0.1, -0.05) is 182 Å². The average molecular weight is 833 g/mol. The first-order valence-electron chi connectivity index (χ1n) is 22.0. The molecule has 300 valence electrons. The molecule has 13 rings (SSSR count). The van der Waals surface area contributed by atoms with Crippen molar-refractivity contribution in [2.24, 2.45) is 0 Å². The fourth-order valence-electron chi connectivity index (χ4n) is 10.6. The normalized spacial score (nSPS) is 12.1. The maximum Gasteiger partial charge on any atom is 0.179 e. The average Bonchev–Trinajstić information content (AvgIpc) is 4.03. The monoisotopic (exact) mass is 832 g/mol. The number of furan rings is 1. The SMILES string of the molecule is c1ccc([Si](c2ccccc2)(c2ccccc2)c2ccc(N(c3ccc(-c4ccc5c(c4)oc4ccccc45)cc3)c3ccc4c5cccc6c7ccccc7n(c4c3)c65)cc2)cc1. The molecule has 0 unspecified atom stereocenters. The van der Waals surface area contributed by atoms with Gasteiger partial charge in [-0.15, -0.1) is 0 Å². The van der Waals surface area contributed by atoms with Gasteiger partial charge in [0.05, 0.1) is 16.6 Å². The van der Waals surface area contributed by atoms with Crippen molar-refractivity contribution in [3.8, 4) is 11.1 Å². The number of nitrogens with zero attached hydrogens (tertiary/aromatic N) is 2. The van der Waals surface area contributed by atoms with E-state index in [0.717, 1.165) is 50.1 Å². The highest BCUT2D eigenvalue weighted by molar-refractivity contribution is 7.19. The number of anilines is 3. The summed E-state index contributed by atoms with van der Waals surface area (Å²) in [6.07, 6.45) is 0. The van der Waals surface area contributed by atoms with Crippen molar-refractivity contribution in [3.05, 3.63) is 243 Å². The largest absolute Gasteiger partial charge is 0.456 e. The predicted octanol–water partition coefficient (Wildman–Crippen LogP) is 13.3. The maximum absolute atomic E-state index is 6.30. The van der Waals surface area contributed by atoms with Crippen LogP contribution in [0, 0.1) is 0 Å². The third kappa shape index (κ3) is 5.46. The Kier molecular flexibility index (Phi) is 8.23. The quantitative estimate of drug-likeness (QED) is 0.112. The van der Waals surface area contributed by atoms with E-state index in [9.17, 15) is 0 Å². The van der Waals surface area contributed by atoms with Gasteiger partial charge in [0.2, 0.25) is 0 Å². The molecule has 0 amide bonds. The van der Waals surface area contributed by atoms with Gasteiger partial charge in [-0.2, -0.15) is 0 Å². The molecule has 0 bridgehead atoms. The Morgan fingerprint density at radius 2 is 0.781 bits per heavy atom. The topological polar surface area (TPSA) is 20.8 Å². The molecule has 10 aromatic carbocycles. The van der Waals surface area contributed by atoms with E-state index in [2.05, 4.69) is 240 Å². The molecule has 0 fully saturated rings. The third-order valence-corrected chi connectivity index (χ3v) is 18.3. The molecule has 64 heavy (non-hydrogen) atoms. The lowest BCUT2D eigenvalue weighted by Gasteiger charge is -2.35. The molecule has 0 aliphatic carbocycles. The highest BCUT2D eigenvalue weighted by atomic mass is 28.3. The van der Waals surface area contributed by atoms with Crippen LogP contribution in [0.15, 0.2) is 247 Å². The van der Waals surface area contributed by atoms with E-state index in [0.29, 0.717) is 0 Å². The number of para-hydroxylation sites is 3. The van der Waals surface area contributed by atoms with Gasteiger partial charge in [-0.05, 0) is 92.5 Å². The lowest BCUT2D eigenvalue weighted by Crippen LogP contribution is -2.74. The smallest absolute Gasteiger partial charge is 0.179 e. The number of rotatable bonds is 8. The van der Waals surface area contributed by atoms with E-state index in [1.807, 2.05) is 12.1 Å². The van der Waals surface area contributed by atoms with Gasteiger partial charge < -0.3 is 13.7 Å². The van der Waals surface area contributed by atoms with Crippen molar-refractivity contribution in [2.45, 2.75) is 0 Å². The van der Waals surface area contributed by atoms with Crippen LogP contribution in [0.1, 0.15) is 0 Å². The summed E-state index contributed by atoms with van der Waals surface area (Å²) >= 11 is 0. The van der Waals surface area contributed by atoms with Crippen LogP contribution in [0.3, 0.4) is 0 Å². The Balaban J connectivity index is 0.994. The minimum absolute atomic E-state index is 0.899. The van der Waals surface area contributed by atoms with Gasteiger partial charge in [0.25, 0.3) is 0 Å². The van der Waals surface area contributed by atoms with E-state index in [4.69, 9.17) is 4.42 Å². The Morgan fingerprint density at radius 3 is 1.44 bits per heavy atom. The minimum Gasteiger partial charge on any atom is -0.456 e. The number of aromatic nitrogens is 1. The molecular formula is C60H40N2OSi. The van der Waals surface area contributed by atoms with E-state index in [1.165, 1.54) is 58.8 Å². The van der Waals surface area contributed by atoms with Gasteiger partial charge in [0.15, 0.2) is 8.07 Å². The zero-order valence-electron chi connectivity index (χ0n) is 34.9. The minimum atomic E-state index is -2.72. The number of hydrogen-bond acceptors (Lipinski definition) is 2. The van der Waals surface area contributed by atoms with Crippen LogP contribution in [-0.2, 0) is 0 Å². The first kappa shape index (κ1) is 36.5. The molecule has 0 radical (unpaired) electrons. The standard InChI is InChI=1S/C60H40N2OSi/c1-4-15-46(16-5-1)64(47-17-6-2-7-18-47,48-19-8-3-9-20-48)49-35-32-44(33-36-49)61(43-30-27-41(28-31-43)42-29-37-53-52-22-11-13-26-58(52)63-59(53)39-42)45-34-38-51-55-24-14-23-54-50-21-10-12-25-56(50)62(60(54)55)57(51)40-45/h1-40H. The van der Waals surface area contributed by atoms with Crippen LogP contribution >= 0.6 is 0 Å². The van der Waals surface area contributed by atoms with Crippen molar-refractivity contribution in [3.63, 3.8) is 0 Å². The van der Waals surface area contributed by atoms with E-state index in [1.54, 1.807) is 0 Å². The van der Waals surface area contributed by atoms with Crippen molar-refractivity contribution in [1.29, 1.82) is 0 Å². The number of benzene rings is 10. The number of fused-ring (bicyclic) bond motifs is 9. The summed E-state index contributed by atoms with van der Waals surface area (Å²) in [4.78, 5) is 2.42. The zero-order valence-corrected chi connectivity index (χ0v) is 35.9. The van der Waals surface area contributed by atoms with Crippen LogP contribution in [0.25, 0.3) is 71.2 Å². The predicted molar refractivity (Wildman–Crippen MR) is 272 cm³/mol.